The summed E-state index contributed by atoms with van der Waals surface area (Å²) < 4.78 is 6.75. The fourth-order valence-electron chi connectivity index (χ4n) is 11.0. The monoisotopic (exact) mass is 1000 g/mol. The number of phenols is 2. The van der Waals surface area contributed by atoms with Crippen molar-refractivity contribution in [1.29, 1.82) is 0 Å². The molecule has 3 heteroatoms. The van der Waals surface area contributed by atoms with Crippen LogP contribution in [-0.4, -0.2) is 10.2 Å². The van der Waals surface area contributed by atoms with Crippen LogP contribution in [0.5, 0.6) is 23.0 Å². The average Bonchev–Trinajstić information content (AvgIpc) is 3.67. The third-order valence-electron chi connectivity index (χ3n) is 14.4. The number of hydrogen-bond donors (Lipinski definition) is 2. The van der Waals surface area contributed by atoms with Crippen molar-refractivity contribution in [3.8, 4) is 147 Å². The maximum Gasteiger partial charge on any atom is 0.127 e. The molecular weight excluding hydrogens is 949 g/mol. The van der Waals surface area contributed by atoms with Crippen molar-refractivity contribution >= 4 is 0 Å². The molecule has 0 radical (unpaired) electrons. The van der Waals surface area contributed by atoms with Crippen molar-refractivity contribution in [2.24, 2.45) is 0 Å². The van der Waals surface area contributed by atoms with Gasteiger partial charge in [-0.2, -0.15) is 0 Å². The van der Waals surface area contributed by atoms with E-state index in [1.165, 1.54) is 0 Å². The van der Waals surface area contributed by atoms with E-state index in [0.29, 0.717) is 17.1 Å². The van der Waals surface area contributed by atoms with Crippen molar-refractivity contribution in [2.45, 2.75) is 6.92 Å². The Morgan fingerprint density at radius 3 is 0.923 bits per heavy atom. The van der Waals surface area contributed by atoms with Gasteiger partial charge in [0.25, 0.3) is 0 Å². The van der Waals surface area contributed by atoms with E-state index in [1.54, 1.807) is 18.2 Å². The van der Waals surface area contributed by atoms with Gasteiger partial charge in [0.05, 0.1) is 0 Å². The topological polar surface area (TPSA) is 49.7 Å². The van der Waals surface area contributed by atoms with Gasteiger partial charge in [-0.1, -0.05) is 218 Å². The van der Waals surface area contributed by atoms with E-state index in [-0.39, 0.29) is 11.5 Å². The predicted octanol–water partition coefficient (Wildman–Crippen LogP) is 19.8. The van der Waals surface area contributed by atoms with Gasteiger partial charge < -0.3 is 14.9 Å². The van der Waals surface area contributed by atoms with E-state index in [9.17, 15) is 10.2 Å². The zero-order valence-corrected chi connectivity index (χ0v) is 42.9. The molecule has 0 bridgehead atoms. The Kier molecular flexibility index (Phi) is 13.3. The lowest BCUT2D eigenvalue weighted by atomic mass is 9.78. The van der Waals surface area contributed by atoms with Gasteiger partial charge in [-0.05, 0) is 190 Å². The number of terminal acetylenes is 1. The van der Waals surface area contributed by atoms with Gasteiger partial charge in [0, 0.05) is 5.56 Å². The molecule has 0 atom stereocenters. The van der Waals surface area contributed by atoms with Gasteiger partial charge >= 0.3 is 0 Å². The Hall–Kier alpha value is -10.4. The summed E-state index contributed by atoms with van der Waals surface area (Å²) in [5.74, 6) is 4.49. The zero-order chi connectivity index (χ0) is 53.0. The number of phenolic OH excluding ortho intramolecular Hbond substituents is 2. The third kappa shape index (κ3) is 9.75. The van der Waals surface area contributed by atoms with Gasteiger partial charge in [0.15, 0.2) is 0 Å². The minimum absolute atomic E-state index is 0.109. The number of aromatic hydroxyl groups is 2. The zero-order valence-electron chi connectivity index (χ0n) is 42.9. The molecule has 0 aliphatic rings. The highest BCUT2D eigenvalue weighted by atomic mass is 16.5. The molecule has 3 nitrogen and oxygen atoms in total. The van der Waals surface area contributed by atoms with E-state index < -0.39 is 0 Å². The molecule has 12 aromatic rings. The molecule has 0 heterocycles. The Balaban J connectivity index is 1.00. The molecule has 0 spiro atoms. The lowest BCUT2D eigenvalue weighted by Crippen LogP contribution is -1.98. The summed E-state index contributed by atoms with van der Waals surface area (Å²) in [6.07, 6.45) is 5.97. The van der Waals surface area contributed by atoms with Crippen molar-refractivity contribution in [3.05, 3.63) is 290 Å². The normalized spacial score (nSPS) is 11.0. The molecule has 370 valence electrons. The summed E-state index contributed by atoms with van der Waals surface area (Å²) in [5.41, 5.74) is 22.2. The van der Waals surface area contributed by atoms with Crippen LogP contribution in [0.25, 0.3) is 111 Å². The highest BCUT2D eigenvalue weighted by molar-refractivity contribution is 6.09. The van der Waals surface area contributed by atoms with E-state index in [2.05, 4.69) is 224 Å². The van der Waals surface area contributed by atoms with Crippen LogP contribution in [0.4, 0.5) is 0 Å². The van der Waals surface area contributed by atoms with E-state index in [1.807, 2.05) is 49.4 Å². The summed E-state index contributed by atoms with van der Waals surface area (Å²) in [6.45, 7) is 2.02. The maximum atomic E-state index is 11.1. The maximum absolute atomic E-state index is 11.1. The van der Waals surface area contributed by atoms with Crippen LogP contribution in [0.1, 0.15) is 11.1 Å². The Morgan fingerprint density at radius 1 is 0.282 bits per heavy atom. The highest BCUT2D eigenvalue weighted by Gasteiger charge is 2.26. The van der Waals surface area contributed by atoms with Crippen molar-refractivity contribution < 1.29 is 14.9 Å². The first-order chi connectivity index (χ1) is 38.4. The van der Waals surface area contributed by atoms with E-state index in [4.69, 9.17) is 11.2 Å². The van der Waals surface area contributed by atoms with Crippen molar-refractivity contribution in [1.82, 2.24) is 0 Å². The molecule has 12 rings (SSSR count). The average molecular weight is 1000 g/mol. The molecule has 0 fully saturated rings. The quantitative estimate of drug-likeness (QED) is 0.120. The molecule has 0 aromatic heterocycles. The molecule has 78 heavy (non-hydrogen) atoms. The minimum Gasteiger partial charge on any atom is -0.508 e. The van der Waals surface area contributed by atoms with Crippen LogP contribution >= 0.6 is 0 Å². The summed E-state index contributed by atoms with van der Waals surface area (Å²) in [5, 5.41) is 22.1. The summed E-state index contributed by atoms with van der Waals surface area (Å²) in [6, 6.07) is 95.8. The SMILES string of the molecule is C#Cc1cc(O)cc(-c2cc(-c3ccccc3)c(-c3ccc(Oc4ccc(-c5c(-c6ccccc6)cc(-c6cc(C)cc(O)c6)c(-c6ccccc6)c5-c5ccccc5)cc4)cc3)c(-c3ccccc3)c2-c2ccccc2)c1. The molecule has 0 unspecified atom stereocenters. The van der Waals surface area contributed by atoms with Crippen LogP contribution in [0, 0.1) is 19.3 Å². The van der Waals surface area contributed by atoms with Gasteiger partial charge in [0.2, 0.25) is 0 Å². The molecule has 0 aliphatic heterocycles. The first kappa shape index (κ1) is 48.5. The first-order valence-corrected chi connectivity index (χ1v) is 26.1. The fourth-order valence-corrected chi connectivity index (χ4v) is 11.0. The largest absolute Gasteiger partial charge is 0.508 e. The number of rotatable bonds is 12. The second-order valence-electron chi connectivity index (χ2n) is 19.5. The Labute approximate surface area is 456 Å². The van der Waals surface area contributed by atoms with Crippen LogP contribution in [0.3, 0.4) is 0 Å². The summed E-state index contributed by atoms with van der Waals surface area (Å²) >= 11 is 0. The minimum atomic E-state index is 0.109. The standard InChI is InChI=1S/C75H52O3/c1-3-51-44-61(47-63(77)45-51)69-49-67(53-24-12-5-13-25-53)73(75(57-32-20-9-21-33-57)71(69)55-28-16-7-17-29-55)59-36-40-65(41-37-59)78-64-38-34-58(35-39-64)72-66(52-22-10-4-11-23-52)48-68(60-42-50(2)43-62(76)46-60)70(54-26-14-6-15-27-54)74(72)56-30-18-8-19-31-56/h1,4-49,76-77H,2H3. The van der Waals surface area contributed by atoms with Crippen molar-refractivity contribution in [2.75, 3.05) is 0 Å². The summed E-state index contributed by atoms with van der Waals surface area (Å²) in [7, 11) is 0. The Bertz CT molecular complexity index is 4110. The van der Waals surface area contributed by atoms with Crippen LogP contribution < -0.4 is 4.74 Å². The fraction of sp³-hybridized carbons (Fsp3) is 0.0133. The molecule has 12 aromatic carbocycles. The van der Waals surface area contributed by atoms with Crippen LogP contribution in [0.15, 0.2) is 279 Å². The number of hydrogen-bond acceptors (Lipinski definition) is 3. The number of benzene rings is 12. The smallest absolute Gasteiger partial charge is 0.127 e. The lowest BCUT2D eigenvalue weighted by molar-refractivity contribution is 0.474. The van der Waals surface area contributed by atoms with Crippen LogP contribution in [-0.2, 0) is 0 Å². The first-order valence-electron chi connectivity index (χ1n) is 26.1. The summed E-state index contributed by atoms with van der Waals surface area (Å²) in [4.78, 5) is 0. The molecule has 0 amide bonds. The number of ether oxygens (including phenoxy) is 1. The predicted molar refractivity (Wildman–Crippen MR) is 323 cm³/mol. The van der Waals surface area contributed by atoms with Gasteiger partial charge in [-0.3, -0.25) is 0 Å². The van der Waals surface area contributed by atoms with E-state index in [0.717, 1.165) is 117 Å². The third-order valence-corrected chi connectivity index (χ3v) is 14.4. The second kappa shape index (κ2) is 21.4. The lowest BCUT2D eigenvalue weighted by Gasteiger charge is -2.25. The Morgan fingerprint density at radius 2 is 0.577 bits per heavy atom. The highest BCUT2D eigenvalue weighted by Crippen LogP contribution is 2.53. The van der Waals surface area contributed by atoms with E-state index >= 15 is 0 Å². The molecule has 0 saturated carbocycles. The van der Waals surface area contributed by atoms with Crippen molar-refractivity contribution in [3.63, 3.8) is 0 Å². The van der Waals surface area contributed by atoms with Gasteiger partial charge in [0.1, 0.15) is 23.0 Å². The molecule has 0 saturated heterocycles. The van der Waals surface area contributed by atoms with Crippen LogP contribution in [0.2, 0.25) is 0 Å². The molecule has 0 aliphatic carbocycles. The van der Waals surface area contributed by atoms with Gasteiger partial charge in [-0.15, -0.1) is 6.42 Å². The second-order valence-corrected chi connectivity index (χ2v) is 19.5. The van der Waals surface area contributed by atoms with Gasteiger partial charge in [-0.25, -0.2) is 0 Å². The molecule has 2 N–H and O–H groups in total. The molecular formula is C75H52O3. The number of aryl methyl sites for hydroxylation is 1.